The zero-order valence-corrected chi connectivity index (χ0v) is 20.9. The van der Waals surface area contributed by atoms with E-state index in [0.29, 0.717) is 17.7 Å². The topological polar surface area (TPSA) is 49.9 Å². The monoisotopic (exact) mass is 528 g/mol. The summed E-state index contributed by atoms with van der Waals surface area (Å²) in [6, 6.07) is 26.3. The van der Waals surface area contributed by atoms with Crippen LogP contribution in [-0.4, -0.2) is 28.5 Å². The van der Waals surface area contributed by atoms with Crippen LogP contribution in [0.2, 0.25) is 0 Å². The molecule has 3 aromatic rings. The molecule has 0 bridgehead atoms. The Bertz CT molecular complexity index is 1320. The molecule has 0 radical (unpaired) electrons. The van der Waals surface area contributed by atoms with E-state index in [9.17, 15) is 9.59 Å². The molecule has 0 saturated carbocycles. The highest BCUT2D eigenvalue weighted by Crippen LogP contribution is 2.58. The van der Waals surface area contributed by atoms with Crippen molar-refractivity contribution in [1.82, 2.24) is 10.0 Å². The van der Waals surface area contributed by atoms with Crippen molar-refractivity contribution in [1.29, 1.82) is 0 Å². The van der Waals surface area contributed by atoms with E-state index in [2.05, 4.69) is 22.5 Å². The molecule has 35 heavy (non-hydrogen) atoms. The van der Waals surface area contributed by atoms with E-state index >= 15 is 0 Å². The predicted molar refractivity (Wildman–Crippen MR) is 139 cm³/mol. The minimum atomic E-state index is -1.22. The lowest BCUT2D eigenvalue weighted by molar-refractivity contribution is -0.154. The van der Waals surface area contributed by atoms with Gasteiger partial charge in [-0.3, -0.25) is 14.6 Å². The fourth-order valence-electron chi connectivity index (χ4n) is 5.11. The van der Waals surface area contributed by atoms with Crippen LogP contribution in [0.4, 0.5) is 0 Å². The molecule has 0 unspecified atom stereocenters. The van der Waals surface area contributed by atoms with E-state index < -0.39 is 17.4 Å². The Morgan fingerprint density at radius 2 is 1.60 bits per heavy atom. The highest BCUT2D eigenvalue weighted by molar-refractivity contribution is 9.15. The second-order valence-electron chi connectivity index (χ2n) is 8.63. The number of hydrogen-bond donors (Lipinski definition) is 0. The van der Waals surface area contributed by atoms with Gasteiger partial charge >= 0.3 is 5.97 Å². The quantitative estimate of drug-likeness (QED) is 0.374. The molecule has 176 valence electrons. The lowest BCUT2D eigenvalue weighted by Gasteiger charge is -2.38. The van der Waals surface area contributed by atoms with Crippen molar-refractivity contribution in [3.8, 4) is 0 Å². The molecule has 2 heterocycles. The first-order chi connectivity index (χ1) is 17.0. The predicted octanol–water partition coefficient (Wildman–Crippen LogP) is 6.11. The van der Waals surface area contributed by atoms with Crippen molar-refractivity contribution in [3.05, 3.63) is 126 Å². The molecule has 6 heteroatoms. The molecule has 0 aliphatic carbocycles. The van der Waals surface area contributed by atoms with Crippen LogP contribution in [0.3, 0.4) is 0 Å². The number of ether oxygens (including phenoxy) is 1. The molecule has 0 spiro atoms. The summed E-state index contributed by atoms with van der Waals surface area (Å²) < 4.78 is 6.52. The number of hydrazine groups is 1. The molecule has 1 amide bonds. The first kappa shape index (κ1) is 23.1. The number of carbonyl (C=O) groups is 2. The van der Waals surface area contributed by atoms with Crippen molar-refractivity contribution in [2.45, 2.75) is 19.4 Å². The molecule has 2 aliphatic heterocycles. The Morgan fingerprint density at radius 1 is 0.971 bits per heavy atom. The van der Waals surface area contributed by atoms with Gasteiger partial charge in [-0.2, -0.15) is 0 Å². The number of nitrogens with zero attached hydrogens (tertiary/aromatic N) is 2. The van der Waals surface area contributed by atoms with Crippen molar-refractivity contribution >= 4 is 32.3 Å². The maximum absolute atomic E-state index is 14.0. The van der Waals surface area contributed by atoms with Gasteiger partial charge in [0.2, 0.25) is 0 Å². The van der Waals surface area contributed by atoms with Gasteiger partial charge in [-0.25, -0.2) is 5.01 Å². The van der Waals surface area contributed by atoms with Crippen LogP contribution in [0.5, 0.6) is 0 Å². The molecule has 5 nitrogen and oxygen atoms in total. The van der Waals surface area contributed by atoms with Gasteiger partial charge in [0.15, 0.2) is 0 Å². The summed E-state index contributed by atoms with van der Waals surface area (Å²) in [5.74, 6) is -0.649. The van der Waals surface area contributed by atoms with Crippen LogP contribution >= 0.6 is 15.9 Å². The minimum absolute atomic E-state index is 0.225. The molecule has 2 atom stereocenters. The van der Waals surface area contributed by atoms with Crippen molar-refractivity contribution in [3.63, 3.8) is 0 Å². The molecule has 1 saturated heterocycles. The van der Waals surface area contributed by atoms with Gasteiger partial charge in [-0.05, 0) is 58.1 Å². The van der Waals surface area contributed by atoms with Gasteiger partial charge in [0, 0.05) is 16.2 Å². The third-order valence-corrected chi connectivity index (χ3v) is 7.30. The second kappa shape index (κ2) is 9.19. The van der Waals surface area contributed by atoms with Crippen LogP contribution < -0.4 is 0 Å². The van der Waals surface area contributed by atoms with Gasteiger partial charge in [-0.15, -0.1) is 0 Å². The molecular weight excluding hydrogens is 504 g/mol. The summed E-state index contributed by atoms with van der Waals surface area (Å²) in [4.78, 5) is 27.8. The Labute approximate surface area is 213 Å². The number of amides is 1. The number of carbonyl (C=O) groups excluding carboxylic acids is 2. The fourth-order valence-corrected chi connectivity index (χ4v) is 5.69. The largest absolute Gasteiger partial charge is 0.465 e. The maximum Gasteiger partial charge on any atom is 0.321 e. The van der Waals surface area contributed by atoms with E-state index in [4.69, 9.17) is 4.74 Å². The summed E-state index contributed by atoms with van der Waals surface area (Å²) in [6.45, 7) is 6.39. The van der Waals surface area contributed by atoms with Crippen LogP contribution in [0, 0.1) is 5.41 Å². The molecule has 1 fully saturated rings. The number of benzene rings is 3. The number of halogens is 1. The number of esters is 1. The van der Waals surface area contributed by atoms with Gasteiger partial charge in [0.25, 0.3) is 5.91 Å². The van der Waals surface area contributed by atoms with Crippen LogP contribution in [0.25, 0.3) is 4.48 Å². The van der Waals surface area contributed by atoms with E-state index in [-0.39, 0.29) is 12.5 Å². The number of rotatable bonds is 5. The lowest BCUT2D eigenvalue weighted by Crippen LogP contribution is -2.42. The second-order valence-corrected chi connectivity index (χ2v) is 9.49. The van der Waals surface area contributed by atoms with Gasteiger partial charge < -0.3 is 4.74 Å². The Hall–Kier alpha value is -3.64. The first-order valence-corrected chi connectivity index (χ1v) is 12.3. The highest BCUT2D eigenvalue weighted by atomic mass is 79.9. The van der Waals surface area contributed by atoms with Gasteiger partial charge in [0.1, 0.15) is 5.41 Å². The third kappa shape index (κ3) is 3.69. The standard InChI is InChI=1S/C29H25BrN2O3/c1-3-35-28(34)29(18-21-12-6-4-7-13-21)20(2)32(27(33)22-14-8-5-9-15-22)31-19-25(30)23-16-10-11-17-24(23)26(29)31/h4-17,19,26H,2-3,18H2,1H3/t26-,29-/m0/s1. The zero-order chi connectivity index (χ0) is 24.6. The summed E-state index contributed by atoms with van der Waals surface area (Å²) in [5, 5.41) is 3.38. The normalized spacial score (nSPS) is 20.7. The molecular formula is C29H25BrN2O3. The smallest absolute Gasteiger partial charge is 0.321 e. The van der Waals surface area contributed by atoms with E-state index in [1.54, 1.807) is 19.1 Å². The van der Waals surface area contributed by atoms with Crippen molar-refractivity contribution < 1.29 is 14.3 Å². The highest BCUT2D eigenvalue weighted by Gasteiger charge is 2.62. The number of hydrogen-bond acceptors (Lipinski definition) is 4. The third-order valence-electron chi connectivity index (χ3n) is 6.67. The Kier molecular flexibility index (Phi) is 6.07. The summed E-state index contributed by atoms with van der Waals surface area (Å²) in [5.41, 5.74) is 2.54. The molecule has 0 N–H and O–H groups in total. The lowest BCUT2D eigenvalue weighted by atomic mass is 9.70. The summed E-state index contributed by atoms with van der Waals surface area (Å²) >= 11 is 3.68. The van der Waals surface area contributed by atoms with Gasteiger partial charge in [0.05, 0.1) is 18.3 Å². The maximum atomic E-state index is 14.0. The first-order valence-electron chi connectivity index (χ1n) is 11.5. The van der Waals surface area contributed by atoms with Crippen LogP contribution in [-0.2, 0) is 16.0 Å². The molecule has 5 rings (SSSR count). The SMILES string of the molecule is C=C1N(C(=O)c2ccccc2)N2C=C(Br)c3ccccc3[C@H]2[C@@]1(Cc1ccccc1)C(=O)OCC. The van der Waals surface area contributed by atoms with Crippen molar-refractivity contribution in [2.24, 2.45) is 5.41 Å². The Balaban J connectivity index is 1.75. The minimum Gasteiger partial charge on any atom is -0.465 e. The van der Waals surface area contributed by atoms with E-state index in [0.717, 1.165) is 21.2 Å². The number of fused-ring (bicyclic) bond motifs is 3. The summed E-state index contributed by atoms with van der Waals surface area (Å²) in [6.07, 6.45) is 2.20. The average molecular weight is 529 g/mol. The average Bonchev–Trinajstić information content (AvgIpc) is 3.13. The zero-order valence-electron chi connectivity index (χ0n) is 19.4. The fraction of sp³-hybridized carbons (Fsp3) is 0.172. The molecule has 0 aromatic heterocycles. The van der Waals surface area contributed by atoms with E-state index in [1.165, 1.54) is 5.01 Å². The van der Waals surface area contributed by atoms with Crippen LogP contribution in [0.1, 0.15) is 40.0 Å². The molecule has 2 aliphatic rings. The van der Waals surface area contributed by atoms with Gasteiger partial charge in [-0.1, -0.05) is 79.4 Å². The molecule has 3 aromatic carbocycles. The van der Waals surface area contributed by atoms with Crippen molar-refractivity contribution in [2.75, 3.05) is 6.61 Å². The van der Waals surface area contributed by atoms with Crippen LogP contribution in [0.15, 0.2) is 103 Å². The Morgan fingerprint density at radius 3 is 2.29 bits per heavy atom. The summed E-state index contributed by atoms with van der Waals surface area (Å²) in [7, 11) is 0. The van der Waals surface area contributed by atoms with E-state index in [1.807, 2.05) is 84.0 Å².